The quantitative estimate of drug-likeness (QED) is 0.841. The molecule has 4 N–H and O–H groups in total. The third-order valence-electron chi connectivity index (χ3n) is 3.89. The Morgan fingerprint density at radius 3 is 2.43 bits per heavy atom. The summed E-state index contributed by atoms with van der Waals surface area (Å²) in [7, 11) is 0. The molecule has 0 fully saturated rings. The summed E-state index contributed by atoms with van der Waals surface area (Å²) in [4.78, 5) is 0. The maximum atomic E-state index is 10.6. The van der Waals surface area contributed by atoms with Crippen LogP contribution in [0.3, 0.4) is 0 Å². The number of aliphatic hydroxyl groups excluding tert-OH is 1. The molecule has 0 saturated carbocycles. The van der Waals surface area contributed by atoms with Crippen LogP contribution in [0.15, 0.2) is 66.2 Å². The Labute approximate surface area is 139 Å². The summed E-state index contributed by atoms with van der Waals surface area (Å²) in [6.45, 7) is 2.04. The largest absolute Gasteiger partial charge is 0.492 e. The molecule has 2 aromatic carbocycles. The first-order chi connectivity index (χ1) is 10.6. The molecule has 23 heavy (non-hydrogen) atoms. The van der Waals surface area contributed by atoms with E-state index in [-0.39, 0.29) is 11.4 Å². The molecular formula is C17H16ClN3O2. The van der Waals surface area contributed by atoms with Crippen molar-refractivity contribution in [3.63, 3.8) is 0 Å². The highest BCUT2D eigenvalue weighted by atomic mass is 35.5. The van der Waals surface area contributed by atoms with Gasteiger partial charge in [-0.15, -0.1) is 5.53 Å². The number of benzene rings is 2. The van der Waals surface area contributed by atoms with Gasteiger partial charge in [-0.3, -0.25) is 5.01 Å². The highest BCUT2D eigenvalue weighted by Crippen LogP contribution is 2.39. The maximum absolute atomic E-state index is 10.6. The molecule has 0 amide bonds. The molecule has 2 heterocycles. The highest BCUT2D eigenvalue weighted by Gasteiger charge is 2.33. The van der Waals surface area contributed by atoms with Crippen molar-refractivity contribution in [1.29, 1.82) is 0 Å². The fourth-order valence-electron chi connectivity index (χ4n) is 2.78. The number of hydrogen-bond donors (Lipinski definition) is 2. The number of nitrogens with zero attached hydrogens (tertiary/aromatic N) is 2. The molecule has 0 atom stereocenters. The highest BCUT2D eigenvalue weighted by molar-refractivity contribution is 6.30. The Balaban J connectivity index is 0.00000156. The zero-order valence-electron chi connectivity index (χ0n) is 12.4. The van der Waals surface area contributed by atoms with Gasteiger partial charge in [0.15, 0.2) is 0 Å². The van der Waals surface area contributed by atoms with Crippen LogP contribution in [0, 0.1) is 0 Å². The van der Waals surface area contributed by atoms with E-state index in [2.05, 4.69) is 11.6 Å². The van der Waals surface area contributed by atoms with Gasteiger partial charge in [0.25, 0.3) is 0 Å². The van der Waals surface area contributed by atoms with Gasteiger partial charge in [-0.05, 0) is 48.9 Å². The molecular weight excluding hydrogens is 314 g/mol. The van der Waals surface area contributed by atoms with Crippen LogP contribution in [-0.4, -0.2) is 10.6 Å². The van der Waals surface area contributed by atoms with Crippen molar-refractivity contribution in [2.45, 2.75) is 6.92 Å². The van der Waals surface area contributed by atoms with Gasteiger partial charge in [0.1, 0.15) is 5.70 Å². The van der Waals surface area contributed by atoms with Crippen molar-refractivity contribution < 1.29 is 10.6 Å². The van der Waals surface area contributed by atoms with Crippen molar-refractivity contribution in [3.8, 4) is 0 Å². The fraction of sp³-hybridized carbons (Fsp3) is 0.0588. The third kappa shape index (κ3) is 2.35. The normalized spacial score (nSPS) is 15.8. The lowest BCUT2D eigenvalue weighted by Crippen LogP contribution is -2.42. The van der Waals surface area contributed by atoms with Gasteiger partial charge in [0.2, 0.25) is 5.88 Å². The van der Waals surface area contributed by atoms with Crippen molar-refractivity contribution >= 4 is 28.5 Å². The monoisotopic (exact) mass is 329 g/mol. The van der Waals surface area contributed by atoms with E-state index in [0.717, 1.165) is 28.2 Å². The van der Waals surface area contributed by atoms with E-state index in [1.54, 1.807) is 17.1 Å². The van der Waals surface area contributed by atoms with Crippen LogP contribution >= 0.6 is 11.6 Å². The molecule has 5 nitrogen and oxygen atoms in total. The Bertz CT molecular complexity index is 815. The number of hydrazine groups is 2. The maximum Gasteiger partial charge on any atom is 0.234 e. The summed E-state index contributed by atoms with van der Waals surface area (Å²) in [6, 6.07) is 15.4. The lowest BCUT2D eigenvalue weighted by Gasteiger charge is -2.28. The van der Waals surface area contributed by atoms with Crippen molar-refractivity contribution in [2.75, 3.05) is 10.0 Å². The Morgan fingerprint density at radius 1 is 1.00 bits per heavy atom. The number of aliphatic hydroxyl groups is 1. The fourth-order valence-corrected chi connectivity index (χ4v) is 2.91. The van der Waals surface area contributed by atoms with Crippen LogP contribution in [0.2, 0.25) is 5.02 Å². The van der Waals surface area contributed by atoms with Crippen LogP contribution < -0.4 is 15.6 Å². The predicted molar refractivity (Wildman–Crippen MR) is 92.9 cm³/mol. The average Bonchev–Trinajstić information content (AvgIpc) is 2.86. The number of fused-ring (bicyclic) bond motifs is 3. The SMILES string of the molecule is CC1=CC2=C(O)N(c3ccc(Cl)cc3)NN2c2ccccc21.O. The Morgan fingerprint density at radius 2 is 1.70 bits per heavy atom. The number of nitrogens with one attached hydrogen (secondary N) is 1. The van der Waals surface area contributed by atoms with E-state index < -0.39 is 0 Å². The minimum atomic E-state index is 0. The summed E-state index contributed by atoms with van der Waals surface area (Å²) in [5.74, 6) is 0.163. The van der Waals surface area contributed by atoms with E-state index in [1.807, 2.05) is 48.3 Å². The number of rotatable bonds is 1. The molecule has 0 unspecified atom stereocenters. The van der Waals surface area contributed by atoms with Crippen molar-refractivity contribution in [2.24, 2.45) is 0 Å². The van der Waals surface area contributed by atoms with Crippen LogP contribution in [-0.2, 0) is 0 Å². The predicted octanol–water partition coefficient (Wildman–Crippen LogP) is 3.41. The molecule has 0 saturated heterocycles. The van der Waals surface area contributed by atoms with E-state index >= 15 is 0 Å². The van der Waals surface area contributed by atoms with Gasteiger partial charge in [-0.2, -0.15) is 0 Å². The zero-order chi connectivity index (χ0) is 15.3. The van der Waals surface area contributed by atoms with Gasteiger partial charge in [-0.25, -0.2) is 5.01 Å². The molecule has 6 heteroatoms. The van der Waals surface area contributed by atoms with Crippen LogP contribution in [0.4, 0.5) is 11.4 Å². The number of para-hydroxylation sites is 1. The lowest BCUT2D eigenvalue weighted by atomic mass is 10.0. The van der Waals surface area contributed by atoms with Gasteiger partial charge >= 0.3 is 0 Å². The third-order valence-corrected chi connectivity index (χ3v) is 4.14. The first-order valence-corrected chi connectivity index (χ1v) is 7.36. The lowest BCUT2D eigenvalue weighted by molar-refractivity contribution is 0.388. The minimum absolute atomic E-state index is 0. The summed E-state index contributed by atoms with van der Waals surface area (Å²) >= 11 is 5.93. The number of anilines is 2. The van der Waals surface area contributed by atoms with Gasteiger partial charge in [0, 0.05) is 10.6 Å². The van der Waals surface area contributed by atoms with Crippen molar-refractivity contribution in [3.05, 3.63) is 76.8 Å². The smallest absolute Gasteiger partial charge is 0.234 e. The summed E-state index contributed by atoms with van der Waals surface area (Å²) in [5, 5.41) is 14.8. The first-order valence-electron chi connectivity index (χ1n) is 6.98. The number of allylic oxidation sites excluding steroid dienone is 2. The standard InChI is InChI=1S/C17H14ClN3O.H2O/c1-11-10-16-17(22)20(13-8-6-12(18)7-9-13)19-21(16)15-5-3-2-4-14(11)15;/h2-10,19,22H,1H3;1H2. The second-order valence-electron chi connectivity index (χ2n) is 5.30. The molecule has 4 rings (SSSR count). The molecule has 118 valence electrons. The van der Waals surface area contributed by atoms with Crippen LogP contribution in [0.5, 0.6) is 0 Å². The van der Waals surface area contributed by atoms with E-state index in [0.29, 0.717) is 5.02 Å². The number of halogens is 1. The minimum Gasteiger partial charge on any atom is -0.492 e. The summed E-state index contributed by atoms with van der Waals surface area (Å²) < 4.78 is 0. The first kappa shape index (κ1) is 15.4. The van der Waals surface area contributed by atoms with E-state index in [1.165, 1.54) is 0 Å². The molecule has 0 aromatic heterocycles. The molecule has 0 radical (unpaired) electrons. The average molecular weight is 330 g/mol. The second-order valence-corrected chi connectivity index (χ2v) is 5.74. The Kier molecular flexibility index (Phi) is 3.77. The van der Waals surface area contributed by atoms with E-state index in [4.69, 9.17) is 11.6 Å². The zero-order valence-corrected chi connectivity index (χ0v) is 13.2. The van der Waals surface area contributed by atoms with Gasteiger partial charge in [-0.1, -0.05) is 29.8 Å². The molecule has 0 bridgehead atoms. The number of hydrogen-bond acceptors (Lipinski definition) is 4. The molecule has 0 aliphatic carbocycles. The Hall–Kier alpha value is -2.47. The summed E-state index contributed by atoms with van der Waals surface area (Å²) in [5.41, 5.74) is 8.03. The second kappa shape index (κ2) is 5.62. The molecule has 2 aliphatic heterocycles. The van der Waals surface area contributed by atoms with Gasteiger partial charge in [0.05, 0.1) is 11.4 Å². The topological polar surface area (TPSA) is 70.2 Å². The van der Waals surface area contributed by atoms with Crippen molar-refractivity contribution in [1.82, 2.24) is 5.53 Å². The van der Waals surface area contributed by atoms with E-state index in [9.17, 15) is 5.11 Å². The van der Waals surface area contributed by atoms with Crippen LogP contribution in [0.1, 0.15) is 12.5 Å². The van der Waals surface area contributed by atoms with Crippen LogP contribution in [0.25, 0.3) is 5.57 Å². The molecule has 0 spiro atoms. The van der Waals surface area contributed by atoms with Gasteiger partial charge < -0.3 is 10.6 Å². The summed E-state index contributed by atoms with van der Waals surface area (Å²) in [6.07, 6.45) is 1.97. The molecule has 2 aromatic rings. The molecule has 2 aliphatic rings.